The second kappa shape index (κ2) is 2.63. The number of nitrogens with one attached hydrogen (secondary N) is 1. The van der Waals surface area contributed by atoms with Crippen molar-refractivity contribution in [2.75, 3.05) is 0 Å². The molecular weight excluding hydrogens is 148 g/mol. The molecule has 1 heterocycles. The molecule has 0 saturated heterocycles. The van der Waals surface area contributed by atoms with Crippen LogP contribution in [0.25, 0.3) is 10.9 Å². The number of H-pyrrole nitrogens is 1. The van der Waals surface area contributed by atoms with Crippen LogP contribution >= 0.6 is 0 Å². The van der Waals surface area contributed by atoms with Crippen molar-refractivity contribution in [3.05, 3.63) is 29.5 Å². The minimum absolute atomic E-state index is 1.02. The molecule has 0 amide bonds. The Hall–Kier alpha value is -1.31. The van der Waals surface area contributed by atoms with Gasteiger partial charge in [0.25, 0.3) is 0 Å². The molecular formula is C10H11N2. The summed E-state index contributed by atoms with van der Waals surface area (Å²) in [5.41, 5.74) is 3.50. The Morgan fingerprint density at radius 3 is 3.08 bits per heavy atom. The molecule has 1 aromatic carbocycles. The predicted octanol–water partition coefficient (Wildman–Crippen LogP) is 2.23. The number of hydrogen-bond acceptors (Lipinski definition) is 1. The van der Waals surface area contributed by atoms with Crippen LogP contribution in [0.2, 0.25) is 0 Å². The molecule has 0 spiro atoms. The second-order valence-electron chi connectivity index (χ2n) is 2.93. The summed E-state index contributed by atoms with van der Waals surface area (Å²) in [4.78, 5) is 0. The number of fused-ring (bicyclic) bond motifs is 1. The molecule has 61 valence electrons. The highest BCUT2D eigenvalue weighted by Gasteiger charge is 2.03. The van der Waals surface area contributed by atoms with Gasteiger partial charge in [-0.05, 0) is 37.1 Å². The van der Waals surface area contributed by atoms with Gasteiger partial charge in [-0.25, -0.2) is 0 Å². The Bertz CT molecular complexity index is 401. The summed E-state index contributed by atoms with van der Waals surface area (Å²) in [6.45, 7) is 4.14. The van der Waals surface area contributed by atoms with Crippen LogP contribution in [0.15, 0.2) is 12.1 Å². The summed E-state index contributed by atoms with van der Waals surface area (Å²) in [5, 5.41) is 8.39. The van der Waals surface area contributed by atoms with E-state index in [1.165, 1.54) is 10.9 Å². The Morgan fingerprint density at radius 1 is 1.50 bits per heavy atom. The second-order valence-corrected chi connectivity index (χ2v) is 2.93. The zero-order chi connectivity index (χ0) is 8.55. The van der Waals surface area contributed by atoms with Gasteiger partial charge in [-0.3, -0.25) is 5.10 Å². The summed E-state index contributed by atoms with van der Waals surface area (Å²) in [6.07, 6.45) is 1.02. The summed E-state index contributed by atoms with van der Waals surface area (Å²) >= 11 is 0. The third-order valence-corrected chi connectivity index (χ3v) is 2.18. The van der Waals surface area contributed by atoms with E-state index in [2.05, 4.69) is 23.2 Å². The maximum absolute atomic E-state index is 4.16. The number of rotatable bonds is 1. The molecule has 1 radical (unpaired) electrons. The van der Waals surface area contributed by atoms with E-state index >= 15 is 0 Å². The molecule has 1 aromatic heterocycles. The zero-order valence-electron chi connectivity index (χ0n) is 7.31. The first-order valence-corrected chi connectivity index (χ1v) is 4.16. The number of aromatic amines is 1. The van der Waals surface area contributed by atoms with Crippen molar-refractivity contribution in [2.45, 2.75) is 20.3 Å². The van der Waals surface area contributed by atoms with Gasteiger partial charge in [-0.1, -0.05) is 6.92 Å². The van der Waals surface area contributed by atoms with Gasteiger partial charge >= 0.3 is 0 Å². The average molecular weight is 159 g/mol. The highest BCUT2D eigenvalue weighted by atomic mass is 15.1. The minimum atomic E-state index is 1.02. The fraction of sp³-hybridized carbons (Fsp3) is 0.300. The summed E-state index contributed by atoms with van der Waals surface area (Å²) in [5.74, 6) is 0. The van der Waals surface area contributed by atoms with Crippen molar-refractivity contribution >= 4 is 10.9 Å². The third-order valence-electron chi connectivity index (χ3n) is 2.18. The topological polar surface area (TPSA) is 28.7 Å². The van der Waals surface area contributed by atoms with Crippen molar-refractivity contribution in [1.29, 1.82) is 0 Å². The largest absolute Gasteiger partial charge is 0.277 e. The molecule has 2 aromatic rings. The van der Waals surface area contributed by atoms with Crippen LogP contribution in [0.3, 0.4) is 0 Å². The van der Waals surface area contributed by atoms with Crippen LogP contribution in [0, 0.1) is 13.0 Å². The first-order chi connectivity index (χ1) is 5.83. The van der Waals surface area contributed by atoms with E-state index in [1.54, 1.807) is 0 Å². The SMILES string of the molecule is CCc1c[c]cc2c(C)n[nH]c12. The van der Waals surface area contributed by atoms with E-state index in [-0.39, 0.29) is 0 Å². The Kier molecular flexibility index (Phi) is 1.61. The third kappa shape index (κ3) is 0.916. The maximum atomic E-state index is 4.16. The molecule has 2 rings (SSSR count). The van der Waals surface area contributed by atoms with Crippen molar-refractivity contribution < 1.29 is 0 Å². The molecule has 0 atom stereocenters. The average Bonchev–Trinajstić information content (AvgIpc) is 2.48. The molecule has 12 heavy (non-hydrogen) atoms. The standard InChI is InChI=1S/C10H11N2/c1-3-8-5-4-6-9-7(2)11-12-10(8)9/h5-6H,3H2,1-2H3,(H,11,12). The molecule has 0 bridgehead atoms. The molecule has 1 N–H and O–H groups in total. The molecule has 2 nitrogen and oxygen atoms in total. The Morgan fingerprint density at radius 2 is 2.33 bits per heavy atom. The quantitative estimate of drug-likeness (QED) is 0.679. The van der Waals surface area contributed by atoms with Gasteiger partial charge in [-0.2, -0.15) is 5.10 Å². The molecule has 2 heteroatoms. The van der Waals surface area contributed by atoms with Gasteiger partial charge < -0.3 is 0 Å². The van der Waals surface area contributed by atoms with E-state index in [4.69, 9.17) is 0 Å². The highest BCUT2D eigenvalue weighted by molar-refractivity contribution is 5.83. The lowest BCUT2D eigenvalue weighted by Gasteiger charge is -1.96. The fourth-order valence-electron chi connectivity index (χ4n) is 1.44. The fourth-order valence-corrected chi connectivity index (χ4v) is 1.44. The predicted molar refractivity (Wildman–Crippen MR) is 49.0 cm³/mol. The summed E-state index contributed by atoms with van der Waals surface area (Å²) in [6, 6.07) is 7.12. The molecule has 0 aliphatic heterocycles. The van der Waals surface area contributed by atoms with Crippen LogP contribution < -0.4 is 0 Å². The van der Waals surface area contributed by atoms with Gasteiger partial charge in [0, 0.05) is 5.39 Å². The number of nitrogens with zero attached hydrogens (tertiary/aromatic N) is 1. The van der Waals surface area contributed by atoms with Crippen LogP contribution in [-0.4, -0.2) is 10.2 Å². The van der Waals surface area contributed by atoms with Crippen LogP contribution in [0.1, 0.15) is 18.2 Å². The molecule has 0 aliphatic rings. The molecule has 0 fully saturated rings. The number of benzene rings is 1. The van der Waals surface area contributed by atoms with E-state index in [1.807, 2.05) is 19.1 Å². The van der Waals surface area contributed by atoms with Crippen molar-refractivity contribution in [1.82, 2.24) is 10.2 Å². The van der Waals surface area contributed by atoms with Crippen molar-refractivity contribution in [3.63, 3.8) is 0 Å². The van der Waals surface area contributed by atoms with Crippen LogP contribution in [0.4, 0.5) is 0 Å². The first kappa shape index (κ1) is 7.35. The van der Waals surface area contributed by atoms with Crippen LogP contribution in [-0.2, 0) is 6.42 Å². The summed E-state index contributed by atoms with van der Waals surface area (Å²) < 4.78 is 0. The van der Waals surface area contributed by atoms with E-state index < -0.39 is 0 Å². The van der Waals surface area contributed by atoms with Crippen molar-refractivity contribution in [2.24, 2.45) is 0 Å². The van der Waals surface area contributed by atoms with E-state index in [0.29, 0.717) is 0 Å². The van der Waals surface area contributed by atoms with Crippen LogP contribution in [0.5, 0.6) is 0 Å². The smallest absolute Gasteiger partial charge is 0.0685 e. The van der Waals surface area contributed by atoms with Gasteiger partial charge in [0.05, 0.1) is 11.2 Å². The van der Waals surface area contributed by atoms with Gasteiger partial charge in [0.1, 0.15) is 0 Å². The monoisotopic (exact) mass is 159 g/mol. The molecule has 0 saturated carbocycles. The van der Waals surface area contributed by atoms with Gasteiger partial charge in [0.15, 0.2) is 0 Å². The first-order valence-electron chi connectivity index (χ1n) is 4.16. The molecule has 0 unspecified atom stereocenters. The summed E-state index contributed by atoms with van der Waals surface area (Å²) in [7, 11) is 0. The number of hydrogen-bond donors (Lipinski definition) is 1. The Balaban J connectivity index is 2.81. The van der Waals surface area contributed by atoms with Gasteiger partial charge in [0.2, 0.25) is 0 Å². The Labute approximate surface area is 71.6 Å². The van der Waals surface area contributed by atoms with E-state index in [0.717, 1.165) is 17.6 Å². The number of aromatic nitrogens is 2. The van der Waals surface area contributed by atoms with E-state index in [9.17, 15) is 0 Å². The lowest BCUT2D eigenvalue weighted by atomic mass is 10.1. The number of aryl methyl sites for hydroxylation is 2. The zero-order valence-corrected chi connectivity index (χ0v) is 7.31. The highest BCUT2D eigenvalue weighted by Crippen LogP contribution is 2.18. The van der Waals surface area contributed by atoms with Crippen molar-refractivity contribution in [3.8, 4) is 0 Å². The lowest BCUT2D eigenvalue weighted by molar-refractivity contribution is 1.05. The molecule has 0 aliphatic carbocycles. The lowest BCUT2D eigenvalue weighted by Crippen LogP contribution is -1.81. The maximum Gasteiger partial charge on any atom is 0.0685 e. The normalized spacial score (nSPS) is 10.8. The van der Waals surface area contributed by atoms with Gasteiger partial charge in [-0.15, -0.1) is 0 Å². The minimum Gasteiger partial charge on any atom is -0.277 e.